The van der Waals surface area contributed by atoms with Crippen molar-refractivity contribution in [3.05, 3.63) is 16.8 Å². The molecule has 0 spiro atoms. The van der Waals surface area contributed by atoms with Gasteiger partial charge in [-0.1, -0.05) is 6.92 Å². The van der Waals surface area contributed by atoms with Crippen LogP contribution in [0.15, 0.2) is 0 Å². The first-order valence-corrected chi connectivity index (χ1v) is 6.90. The Balaban J connectivity index is 3.14. The maximum Gasteiger partial charge on any atom is 0.241 e. The zero-order chi connectivity index (χ0) is 15.3. The molecular weight excluding hydrogens is 254 g/mol. The Kier molecular flexibility index (Phi) is 5.88. The molecule has 0 saturated carbocycles. The van der Waals surface area contributed by atoms with Crippen molar-refractivity contribution in [1.29, 1.82) is 0 Å². The smallest absolute Gasteiger partial charge is 0.241 e. The molecule has 1 aromatic rings. The summed E-state index contributed by atoms with van der Waals surface area (Å²) in [4.78, 5) is 15.5. The van der Waals surface area contributed by atoms with Gasteiger partial charge in [0, 0.05) is 32.7 Å². The molecule has 6 heteroatoms. The molecular formula is C14H25N5O. The van der Waals surface area contributed by atoms with Crippen LogP contribution >= 0.6 is 0 Å². The summed E-state index contributed by atoms with van der Waals surface area (Å²) >= 11 is 0. The molecule has 0 saturated heterocycles. The van der Waals surface area contributed by atoms with Gasteiger partial charge < -0.3 is 15.5 Å². The van der Waals surface area contributed by atoms with Crippen LogP contribution in [0.2, 0.25) is 0 Å². The molecule has 0 bridgehead atoms. The maximum absolute atomic E-state index is 12.0. The largest absolute Gasteiger partial charge is 0.347 e. The Morgan fingerprint density at radius 1 is 1.25 bits per heavy atom. The second-order valence-electron chi connectivity index (χ2n) is 5.13. The lowest BCUT2D eigenvalue weighted by molar-refractivity contribution is -0.127. The molecule has 2 N–H and O–H groups in total. The van der Waals surface area contributed by atoms with Gasteiger partial charge in [-0.3, -0.25) is 4.79 Å². The topological polar surface area (TPSA) is 75.4 Å². The first-order chi connectivity index (χ1) is 9.42. The fourth-order valence-electron chi connectivity index (χ4n) is 1.98. The molecule has 0 radical (unpaired) electrons. The van der Waals surface area contributed by atoms with Crippen molar-refractivity contribution in [2.75, 3.05) is 32.1 Å². The van der Waals surface area contributed by atoms with Gasteiger partial charge in [-0.05, 0) is 25.8 Å². The van der Waals surface area contributed by atoms with Gasteiger partial charge >= 0.3 is 0 Å². The molecule has 0 aromatic carbocycles. The molecule has 1 amide bonds. The second kappa shape index (κ2) is 7.19. The number of carbonyl (C=O) groups is 1. The van der Waals surface area contributed by atoms with E-state index in [4.69, 9.17) is 5.73 Å². The molecule has 0 aliphatic carbocycles. The van der Waals surface area contributed by atoms with Gasteiger partial charge in [0.2, 0.25) is 5.91 Å². The van der Waals surface area contributed by atoms with Crippen LogP contribution in [-0.4, -0.2) is 48.2 Å². The number of likely N-dealkylation sites (N-methyl/N-ethyl adjacent to an activating group) is 1. The highest BCUT2D eigenvalue weighted by Crippen LogP contribution is 2.21. The third kappa shape index (κ3) is 3.66. The summed E-state index contributed by atoms with van der Waals surface area (Å²) in [6.07, 6.45) is 0.930. The Morgan fingerprint density at radius 2 is 1.90 bits per heavy atom. The molecule has 1 aromatic heterocycles. The molecule has 20 heavy (non-hydrogen) atoms. The molecule has 1 rings (SSSR count). The first kappa shape index (κ1) is 16.4. The average molecular weight is 279 g/mol. The van der Waals surface area contributed by atoms with Crippen LogP contribution in [0.5, 0.6) is 0 Å². The number of hydrogen-bond acceptors (Lipinski definition) is 5. The van der Waals surface area contributed by atoms with Crippen molar-refractivity contribution in [3.8, 4) is 0 Å². The van der Waals surface area contributed by atoms with E-state index in [2.05, 4.69) is 17.1 Å². The summed E-state index contributed by atoms with van der Waals surface area (Å²) < 4.78 is 0. The van der Waals surface area contributed by atoms with E-state index in [-0.39, 0.29) is 5.91 Å². The number of aromatic nitrogens is 2. The fourth-order valence-corrected chi connectivity index (χ4v) is 1.98. The van der Waals surface area contributed by atoms with Gasteiger partial charge in [0.1, 0.15) is 0 Å². The standard InChI is InChI=1S/C14H25N5O/c1-6-7-19(9-13(20)18(4)5)14-12(8-15)10(2)11(3)16-17-14/h6-9,15H2,1-5H3. The summed E-state index contributed by atoms with van der Waals surface area (Å²) in [7, 11) is 3.50. The average Bonchev–Trinajstić information content (AvgIpc) is 2.41. The first-order valence-electron chi connectivity index (χ1n) is 6.90. The highest BCUT2D eigenvalue weighted by atomic mass is 16.2. The predicted molar refractivity (Wildman–Crippen MR) is 80.6 cm³/mol. The fraction of sp³-hybridized carbons (Fsp3) is 0.643. The number of hydrogen-bond donors (Lipinski definition) is 1. The zero-order valence-electron chi connectivity index (χ0n) is 13.1. The molecule has 0 fully saturated rings. The van der Waals surface area contributed by atoms with E-state index in [0.717, 1.165) is 35.6 Å². The third-order valence-corrected chi connectivity index (χ3v) is 3.38. The number of rotatable bonds is 6. The summed E-state index contributed by atoms with van der Waals surface area (Å²) in [6.45, 7) is 7.43. The van der Waals surface area contributed by atoms with E-state index < -0.39 is 0 Å². The highest BCUT2D eigenvalue weighted by molar-refractivity contribution is 5.81. The molecule has 0 aliphatic heterocycles. The minimum Gasteiger partial charge on any atom is -0.347 e. The van der Waals surface area contributed by atoms with E-state index in [1.165, 1.54) is 0 Å². The predicted octanol–water partition coefficient (Wildman–Crippen LogP) is 0.857. The number of anilines is 1. The van der Waals surface area contributed by atoms with Crippen molar-refractivity contribution < 1.29 is 4.79 Å². The Bertz CT molecular complexity index is 473. The Morgan fingerprint density at radius 3 is 2.40 bits per heavy atom. The SMILES string of the molecule is CCCN(CC(=O)N(C)C)c1nnc(C)c(C)c1CN. The van der Waals surface area contributed by atoms with E-state index in [0.29, 0.717) is 13.1 Å². The zero-order valence-corrected chi connectivity index (χ0v) is 13.1. The molecule has 112 valence electrons. The molecule has 0 unspecified atom stereocenters. The van der Waals surface area contributed by atoms with Gasteiger partial charge in [-0.2, -0.15) is 5.10 Å². The lowest BCUT2D eigenvalue weighted by Crippen LogP contribution is -2.38. The van der Waals surface area contributed by atoms with E-state index in [1.54, 1.807) is 19.0 Å². The quantitative estimate of drug-likeness (QED) is 0.836. The van der Waals surface area contributed by atoms with Crippen LogP contribution < -0.4 is 10.6 Å². The van der Waals surface area contributed by atoms with Crippen molar-refractivity contribution in [2.45, 2.75) is 33.7 Å². The highest BCUT2D eigenvalue weighted by Gasteiger charge is 2.19. The van der Waals surface area contributed by atoms with E-state index >= 15 is 0 Å². The summed E-state index contributed by atoms with van der Waals surface area (Å²) in [5.74, 6) is 0.772. The lowest BCUT2D eigenvalue weighted by atomic mass is 10.1. The van der Waals surface area contributed by atoms with Crippen LogP contribution in [0, 0.1) is 13.8 Å². The molecule has 0 aliphatic rings. The lowest BCUT2D eigenvalue weighted by Gasteiger charge is -2.26. The van der Waals surface area contributed by atoms with Crippen molar-refractivity contribution >= 4 is 11.7 Å². The third-order valence-electron chi connectivity index (χ3n) is 3.38. The van der Waals surface area contributed by atoms with Gasteiger partial charge in [-0.25, -0.2) is 0 Å². The van der Waals surface area contributed by atoms with Gasteiger partial charge in [0.15, 0.2) is 5.82 Å². The molecule has 0 atom stereocenters. The van der Waals surface area contributed by atoms with Crippen LogP contribution in [0.1, 0.15) is 30.2 Å². The van der Waals surface area contributed by atoms with Gasteiger partial charge in [-0.15, -0.1) is 5.10 Å². The summed E-state index contributed by atoms with van der Waals surface area (Å²) in [5, 5.41) is 8.44. The Labute approximate surface area is 121 Å². The minimum absolute atomic E-state index is 0.0430. The van der Waals surface area contributed by atoms with Crippen molar-refractivity contribution in [3.63, 3.8) is 0 Å². The normalized spacial score (nSPS) is 10.5. The summed E-state index contributed by atoms with van der Waals surface area (Å²) in [6, 6.07) is 0. The van der Waals surface area contributed by atoms with Crippen LogP contribution in [-0.2, 0) is 11.3 Å². The summed E-state index contributed by atoms with van der Waals surface area (Å²) in [5.41, 5.74) is 8.76. The molecule has 6 nitrogen and oxygen atoms in total. The monoisotopic (exact) mass is 279 g/mol. The number of nitrogens with zero attached hydrogens (tertiary/aromatic N) is 4. The number of aryl methyl sites for hydroxylation is 1. The van der Waals surface area contributed by atoms with Crippen LogP contribution in [0.4, 0.5) is 5.82 Å². The Hall–Kier alpha value is -1.69. The number of carbonyl (C=O) groups excluding carboxylic acids is 1. The van der Waals surface area contributed by atoms with Crippen molar-refractivity contribution in [2.24, 2.45) is 5.73 Å². The number of amides is 1. The molecule has 1 heterocycles. The second-order valence-corrected chi connectivity index (χ2v) is 5.13. The maximum atomic E-state index is 12.0. The number of nitrogens with two attached hydrogens (primary N) is 1. The minimum atomic E-state index is 0.0430. The van der Waals surface area contributed by atoms with E-state index in [1.807, 2.05) is 18.7 Å². The van der Waals surface area contributed by atoms with Gasteiger partial charge in [0.05, 0.1) is 12.2 Å². The van der Waals surface area contributed by atoms with Crippen molar-refractivity contribution in [1.82, 2.24) is 15.1 Å². The van der Waals surface area contributed by atoms with E-state index in [9.17, 15) is 4.79 Å². The van der Waals surface area contributed by atoms with Crippen LogP contribution in [0.3, 0.4) is 0 Å². The van der Waals surface area contributed by atoms with Gasteiger partial charge in [0.25, 0.3) is 0 Å². The van der Waals surface area contributed by atoms with Crippen LogP contribution in [0.25, 0.3) is 0 Å².